The first-order chi connectivity index (χ1) is 9.81. The second-order valence-electron chi connectivity index (χ2n) is 4.59. The average molecular weight is 281 g/mol. The van der Waals surface area contributed by atoms with Gasteiger partial charge in [0.15, 0.2) is 0 Å². The largest absolute Gasteiger partial charge is 0.464 e. The Morgan fingerprint density at radius 2 is 1.95 bits per heavy atom. The third kappa shape index (κ3) is 1.75. The topological polar surface area (TPSA) is 54.7 Å². The summed E-state index contributed by atoms with van der Waals surface area (Å²) in [6, 6.07) is 12.4. The zero-order valence-electron chi connectivity index (χ0n) is 10.8. The van der Waals surface area contributed by atoms with E-state index in [4.69, 9.17) is 4.42 Å². The van der Waals surface area contributed by atoms with E-state index in [-0.39, 0.29) is 0 Å². The van der Waals surface area contributed by atoms with Crippen molar-refractivity contribution < 1.29 is 4.42 Å². The van der Waals surface area contributed by atoms with E-state index < -0.39 is 0 Å². The van der Waals surface area contributed by atoms with E-state index in [9.17, 15) is 0 Å². The average Bonchev–Trinajstić information content (AvgIpc) is 3.17. The number of thiophene rings is 1. The molecule has 5 heteroatoms. The minimum atomic E-state index is 0.915. The summed E-state index contributed by atoms with van der Waals surface area (Å²) < 4.78 is 5.37. The summed E-state index contributed by atoms with van der Waals surface area (Å²) in [4.78, 5) is 2.34. The van der Waals surface area contributed by atoms with Crippen molar-refractivity contribution in [2.75, 3.05) is 0 Å². The minimum Gasteiger partial charge on any atom is -0.464 e. The van der Waals surface area contributed by atoms with Crippen LogP contribution in [0.25, 0.3) is 32.0 Å². The quantitative estimate of drug-likeness (QED) is 0.597. The number of nitrogens with one attached hydrogen (secondary N) is 1. The van der Waals surface area contributed by atoms with Crippen LogP contribution in [0.1, 0.15) is 5.69 Å². The van der Waals surface area contributed by atoms with Crippen LogP contribution in [-0.2, 0) is 0 Å². The fraction of sp³-hybridized carbons (Fsp3) is 0.0667. The molecular formula is C15H11N3OS. The Labute approximate surface area is 119 Å². The first kappa shape index (κ1) is 11.4. The van der Waals surface area contributed by atoms with Gasteiger partial charge in [0.05, 0.1) is 16.8 Å². The van der Waals surface area contributed by atoms with Gasteiger partial charge in [-0.2, -0.15) is 15.4 Å². The number of H-pyrrole nitrogens is 1. The molecule has 0 aliphatic heterocycles. The second-order valence-corrected chi connectivity index (χ2v) is 5.68. The molecule has 0 radical (unpaired) electrons. The van der Waals surface area contributed by atoms with Crippen molar-refractivity contribution >= 4 is 22.3 Å². The van der Waals surface area contributed by atoms with Crippen LogP contribution in [0.2, 0.25) is 0 Å². The van der Waals surface area contributed by atoms with E-state index in [0.29, 0.717) is 0 Å². The number of aryl methyl sites for hydroxylation is 1. The Balaban J connectivity index is 1.79. The van der Waals surface area contributed by atoms with E-state index in [2.05, 4.69) is 39.7 Å². The van der Waals surface area contributed by atoms with Gasteiger partial charge in [-0.15, -0.1) is 11.3 Å². The van der Waals surface area contributed by atoms with Crippen LogP contribution in [0.5, 0.6) is 0 Å². The fourth-order valence-corrected chi connectivity index (χ4v) is 3.30. The van der Waals surface area contributed by atoms with Crippen molar-refractivity contribution in [2.45, 2.75) is 6.92 Å². The number of rotatable bonds is 2. The number of hydrogen-bond donors (Lipinski definition) is 1. The van der Waals surface area contributed by atoms with E-state index in [1.807, 2.05) is 19.1 Å². The van der Waals surface area contributed by atoms with E-state index >= 15 is 0 Å². The van der Waals surface area contributed by atoms with Crippen LogP contribution in [-0.4, -0.2) is 15.4 Å². The predicted octanol–water partition coefficient (Wildman–Crippen LogP) is 4.25. The van der Waals surface area contributed by atoms with Gasteiger partial charge in [-0.05, 0) is 48.9 Å². The molecule has 1 N–H and O–H groups in total. The molecular weight excluding hydrogens is 270 g/mol. The van der Waals surface area contributed by atoms with Crippen LogP contribution in [0, 0.1) is 6.92 Å². The number of hydrogen-bond acceptors (Lipinski definition) is 4. The second kappa shape index (κ2) is 4.31. The molecule has 98 valence electrons. The number of aromatic nitrogens is 3. The van der Waals surface area contributed by atoms with Gasteiger partial charge in [-0.25, -0.2) is 0 Å². The van der Waals surface area contributed by atoms with E-state index in [1.54, 1.807) is 17.6 Å². The molecule has 0 atom stereocenters. The number of aromatic amines is 1. The third-order valence-electron chi connectivity index (χ3n) is 3.30. The van der Waals surface area contributed by atoms with Crippen LogP contribution >= 0.6 is 11.3 Å². The molecule has 0 aliphatic carbocycles. The van der Waals surface area contributed by atoms with Crippen molar-refractivity contribution in [1.82, 2.24) is 15.4 Å². The Kier molecular flexibility index (Phi) is 2.47. The molecule has 0 saturated heterocycles. The highest BCUT2D eigenvalue weighted by Crippen LogP contribution is 2.35. The summed E-state index contributed by atoms with van der Waals surface area (Å²) in [6.07, 6.45) is 1.72. The molecule has 4 aromatic rings. The summed E-state index contributed by atoms with van der Waals surface area (Å²) in [5, 5.41) is 12.0. The molecule has 0 amide bonds. The summed E-state index contributed by atoms with van der Waals surface area (Å²) in [5.74, 6) is 0. The zero-order chi connectivity index (χ0) is 13.5. The monoisotopic (exact) mass is 281 g/mol. The van der Waals surface area contributed by atoms with Gasteiger partial charge in [0.2, 0.25) is 0 Å². The molecule has 0 spiro atoms. The Morgan fingerprint density at radius 3 is 2.80 bits per heavy atom. The first-order valence-corrected chi connectivity index (χ1v) is 7.08. The van der Waals surface area contributed by atoms with Gasteiger partial charge in [0, 0.05) is 10.3 Å². The number of fused-ring (bicyclic) bond motifs is 1. The smallest absolute Gasteiger partial charge is 0.133 e. The third-order valence-corrected chi connectivity index (χ3v) is 4.44. The molecule has 0 aliphatic rings. The fourth-order valence-electron chi connectivity index (χ4n) is 2.26. The maximum absolute atomic E-state index is 5.37. The van der Waals surface area contributed by atoms with Gasteiger partial charge >= 0.3 is 0 Å². The van der Waals surface area contributed by atoms with Gasteiger partial charge in [0.25, 0.3) is 0 Å². The molecule has 20 heavy (non-hydrogen) atoms. The lowest BCUT2D eigenvalue weighted by molar-refractivity contribution is 0.616. The van der Waals surface area contributed by atoms with Gasteiger partial charge in [-0.3, -0.25) is 0 Å². The standard InChI is InChI=1S/C15H11N3OS/c1-9-15(17-18-16-9)14-5-4-13(20-14)11-2-3-12-10(8-11)6-7-19-12/h2-8H,1H3,(H,16,17,18). The van der Waals surface area contributed by atoms with E-state index in [1.165, 1.54) is 10.4 Å². The molecule has 0 saturated carbocycles. The summed E-state index contributed by atoms with van der Waals surface area (Å²) in [5.41, 5.74) is 3.95. The Morgan fingerprint density at radius 1 is 1.05 bits per heavy atom. The van der Waals surface area contributed by atoms with Crippen LogP contribution in [0.4, 0.5) is 0 Å². The highest BCUT2D eigenvalue weighted by molar-refractivity contribution is 7.18. The molecule has 0 bridgehead atoms. The van der Waals surface area contributed by atoms with Gasteiger partial charge in [-0.1, -0.05) is 0 Å². The SMILES string of the molecule is Cc1n[nH]nc1-c1ccc(-c2ccc3occc3c2)s1. The Hall–Kier alpha value is -2.40. The lowest BCUT2D eigenvalue weighted by Gasteiger charge is -1.97. The maximum atomic E-state index is 5.37. The molecule has 1 aromatic carbocycles. The van der Waals surface area contributed by atoms with Crippen molar-refractivity contribution in [2.24, 2.45) is 0 Å². The zero-order valence-corrected chi connectivity index (χ0v) is 11.6. The molecule has 4 rings (SSSR count). The summed E-state index contributed by atoms with van der Waals surface area (Å²) in [7, 11) is 0. The van der Waals surface area contributed by atoms with Gasteiger partial charge in [0.1, 0.15) is 11.3 Å². The summed E-state index contributed by atoms with van der Waals surface area (Å²) >= 11 is 1.72. The normalized spacial score (nSPS) is 11.2. The molecule has 3 aromatic heterocycles. The molecule has 4 nitrogen and oxygen atoms in total. The first-order valence-electron chi connectivity index (χ1n) is 6.26. The maximum Gasteiger partial charge on any atom is 0.133 e. The molecule has 3 heterocycles. The van der Waals surface area contributed by atoms with Crippen molar-refractivity contribution in [1.29, 1.82) is 0 Å². The predicted molar refractivity (Wildman–Crippen MR) is 79.6 cm³/mol. The molecule has 0 fully saturated rings. The Bertz CT molecular complexity index is 887. The van der Waals surface area contributed by atoms with E-state index in [0.717, 1.165) is 27.2 Å². The number of furan rings is 1. The molecule has 0 unspecified atom stereocenters. The summed E-state index contributed by atoms with van der Waals surface area (Å²) in [6.45, 7) is 1.95. The highest BCUT2D eigenvalue weighted by atomic mass is 32.1. The van der Waals surface area contributed by atoms with Crippen LogP contribution in [0.3, 0.4) is 0 Å². The number of nitrogens with zero attached hydrogens (tertiary/aromatic N) is 2. The number of benzene rings is 1. The minimum absolute atomic E-state index is 0.915. The highest BCUT2D eigenvalue weighted by Gasteiger charge is 2.10. The van der Waals surface area contributed by atoms with Crippen molar-refractivity contribution in [3.8, 4) is 21.0 Å². The van der Waals surface area contributed by atoms with Crippen LogP contribution in [0.15, 0.2) is 47.1 Å². The van der Waals surface area contributed by atoms with Crippen LogP contribution < -0.4 is 0 Å². The lowest BCUT2D eigenvalue weighted by atomic mass is 10.1. The van der Waals surface area contributed by atoms with Crippen molar-refractivity contribution in [3.05, 3.63) is 48.4 Å². The van der Waals surface area contributed by atoms with Crippen molar-refractivity contribution in [3.63, 3.8) is 0 Å². The lowest BCUT2D eigenvalue weighted by Crippen LogP contribution is -1.75. The van der Waals surface area contributed by atoms with Gasteiger partial charge < -0.3 is 4.42 Å².